The summed E-state index contributed by atoms with van der Waals surface area (Å²) < 4.78 is 41.6. The van der Waals surface area contributed by atoms with Crippen LogP contribution in [0.2, 0.25) is 0 Å². The molecule has 2 rings (SSSR count). The molecule has 8 heteroatoms. The summed E-state index contributed by atoms with van der Waals surface area (Å²) in [7, 11) is 0. The third kappa shape index (κ3) is 4.80. The zero-order valence-electron chi connectivity index (χ0n) is 11.7. The summed E-state index contributed by atoms with van der Waals surface area (Å²) >= 11 is 0. The van der Waals surface area contributed by atoms with E-state index in [1.165, 1.54) is 12.1 Å². The van der Waals surface area contributed by atoms with Gasteiger partial charge < -0.3 is 14.6 Å². The third-order valence-corrected chi connectivity index (χ3v) is 2.89. The number of carbonyl (C=O) groups is 1. The lowest BCUT2D eigenvalue weighted by atomic mass is 10.2. The van der Waals surface area contributed by atoms with Crippen LogP contribution in [0.1, 0.15) is 19.4 Å². The molecule has 0 spiro atoms. The summed E-state index contributed by atoms with van der Waals surface area (Å²) in [6.45, 7) is 1.86. The summed E-state index contributed by atoms with van der Waals surface area (Å²) in [5.41, 5.74) is 0.400. The summed E-state index contributed by atoms with van der Waals surface area (Å²) in [6.07, 6.45) is 0.471. The van der Waals surface area contributed by atoms with E-state index in [0.29, 0.717) is 5.69 Å². The van der Waals surface area contributed by atoms with Crippen LogP contribution in [-0.2, 0) is 4.79 Å². The lowest BCUT2D eigenvalue weighted by molar-refractivity contribution is -0.274. The van der Waals surface area contributed by atoms with Crippen molar-refractivity contribution in [2.24, 2.45) is 0 Å². The molecule has 1 aromatic carbocycles. The molecule has 1 unspecified atom stereocenters. The third-order valence-electron chi connectivity index (χ3n) is 2.89. The first-order chi connectivity index (χ1) is 10.3. The number of anilines is 1. The first kappa shape index (κ1) is 15.9. The smallest absolute Gasteiger partial charge is 0.406 e. The number of halogens is 3. The topological polar surface area (TPSA) is 56.1 Å². The van der Waals surface area contributed by atoms with Crippen molar-refractivity contribution < 1.29 is 22.7 Å². The van der Waals surface area contributed by atoms with Gasteiger partial charge in [0, 0.05) is 30.5 Å². The highest BCUT2D eigenvalue weighted by Gasteiger charge is 2.30. The highest BCUT2D eigenvalue weighted by molar-refractivity contribution is 5.90. The molecule has 0 fully saturated rings. The fraction of sp³-hybridized carbons (Fsp3) is 0.286. The van der Waals surface area contributed by atoms with Crippen molar-refractivity contribution in [2.45, 2.75) is 25.7 Å². The van der Waals surface area contributed by atoms with Crippen LogP contribution in [0.15, 0.2) is 43.0 Å². The number of benzene rings is 1. The number of hydrogen-bond acceptors (Lipinski definition) is 3. The number of imidazole rings is 1. The van der Waals surface area contributed by atoms with E-state index in [1.54, 1.807) is 23.3 Å². The molecule has 0 aliphatic rings. The number of alkyl halides is 3. The molecule has 0 radical (unpaired) electrons. The zero-order valence-corrected chi connectivity index (χ0v) is 11.7. The predicted octanol–water partition coefficient (Wildman–Crippen LogP) is 3.37. The van der Waals surface area contributed by atoms with Crippen LogP contribution in [0.25, 0.3) is 0 Å². The molecule has 1 aromatic heterocycles. The van der Waals surface area contributed by atoms with Gasteiger partial charge in [0.15, 0.2) is 0 Å². The SMILES string of the molecule is CC(CC(=O)Nc1ccc(OC(F)(F)F)cc1)n1ccnc1. The van der Waals surface area contributed by atoms with Crippen molar-refractivity contribution in [1.82, 2.24) is 9.55 Å². The second-order valence-electron chi connectivity index (χ2n) is 4.68. The van der Waals surface area contributed by atoms with Crippen LogP contribution >= 0.6 is 0 Å². The van der Waals surface area contributed by atoms with E-state index < -0.39 is 6.36 Å². The summed E-state index contributed by atoms with van der Waals surface area (Å²) in [5.74, 6) is -0.581. The number of amides is 1. The van der Waals surface area contributed by atoms with E-state index in [4.69, 9.17) is 0 Å². The normalized spacial score (nSPS) is 12.7. The molecule has 0 aliphatic carbocycles. The molecular weight excluding hydrogens is 299 g/mol. The summed E-state index contributed by atoms with van der Waals surface area (Å²) in [5, 5.41) is 2.62. The van der Waals surface area contributed by atoms with Crippen LogP contribution in [0.4, 0.5) is 18.9 Å². The molecule has 5 nitrogen and oxygen atoms in total. The minimum atomic E-state index is -4.73. The largest absolute Gasteiger partial charge is 0.573 e. The first-order valence-corrected chi connectivity index (χ1v) is 6.46. The number of hydrogen-bond donors (Lipinski definition) is 1. The first-order valence-electron chi connectivity index (χ1n) is 6.46. The van der Waals surface area contributed by atoms with Crippen molar-refractivity contribution in [2.75, 3.05) is 5.32 Å². The van der Waals surface area contributed by atoms with Crippen LogP contribution in [0, 0.1) is 0 Å². The Morgan fingerprint density at radius 2 is 2.05 bits per heavy atom. The Labute approximate surface area is 124 Å². The number of nitrogens with one attached hydrogen (secondary N) is 1. The predicted molar refractivity (Wildman–Crippen MR) is 73.3 cm³/mol. The molecule has 0 saturated carbocycles. The molecular formula is C14H14F3N3O2. The maximum atomic E-state index is 12.0. The maximum Gasteiger partial charge on any atom is 0.573 e. The lowest BCUT2D eigenvalue weighted by Crippen LogP contribution is -2.18. The van der Waals surface area contributed by atoms with E-state index in [9.17, 15) is 18.0 Å². The van der Waals surface area contributed by atoms with Gasteiger partial charge in [0.1, 0.15) is 5.75 Å². The molecule has 118 valence electrons. The fourth-order valence-corrected chi connectivity index (χ4v) is 1.86. The molecule has 0 bridgehead atoms. The molecule has 1 heterocycles. The summed E-state index contributed by atoms with van der Waals surface area (Å²) in [4.78, 5) is 15.8. The van der Waals surface area contributed by atoms with Gasteiger partial charge in [-0.05, 0) is 31.2 Å². The summed E-state index contributed by atoms with van der Waals surface area (Å²) in [6, 6.07) is 4.90. The zero-order chi connectivity index (χ0) is 16.2. The second kappa shape index (κ2) is 6.50. The minimum Gasteiger partial charge on any atom is -0.406 e. The van der Waals surface area contributed by atoms with Crippen molar-refractivity contribution in [3.63, 3.8) is 0 Å². The molecule has 22 heavy (non-hydrogen) atoms. The van der Waals surface area contributed by atoms with Crippen LogP contribution < -0.4 is 10.1 Å². The van der Waals surface area contributed by atoms with Crippen molar-refractivity contribution in [1.29, 1.82) is 0 Å². The molecule has 0 saturated heterocycles. The Balaban J connectivity index is 1.89. The Kier molecular flexibility index (Phi) is 4.69. The van der Waals surface area contributed by atoms with Gasteiger partial charge in [0.05, 0.1) is 6.33 Å². The average molecular weight is 313 g/mol. The number of rotatable bonds is 5. The van der Waals surface area contributed by atoms with Crippen molar-refractivity contribution >= 4 is 11.6 Å². The van der Waals surface area contributed by atoms with Gasteiger partial charge in [-0.3, -0.25) is 4.79 Å². The minimum absolute atomic E-state index is 0.0738. The Morgan fingerprint density at radius 3 is 2.59 bits per heavy atom. The van der Waals surface area contributed by atoms with Crippen LogP contribution in [0.3, 0.4) is 0 Å². The second-order valence-corrected chi connectivity index (χ2v) is 4.68. The number of nitrogens with zero attached hydrogens (tertiary/aromatic N) is 2. The highest BCUT2D eigenvalue weighted by atomic mass is 19.4. The maximum absolute atomic E-state index is 12.0. The quantitative estimate of drug-likeness (QED) is 0.921. The number of ether oxygens (including phenoxy) is 1. The van der Waals surface area contributed by atoms with Gasteiger partial charge in [-0.1, -0.05) is 0 Å². The highest BCUT2D eigenvalue weighted by Crippen LogP contribution is 2.24. The average Bonchev–Trinajstić information content (AvgIpc) is 2.93. The van der Waals surface area contributed by atoms with Gasteiger partial charge in [0.2, 0.25) is 5.91 Å². The van der Waals surface area contributed by atoms with Gasteiger partial charge in [-0.2, -0.15) is 0 Å². The van der Waals surface area contributed by atoms with Crippen molar-refractivity contribution in [3.8, 4) is 5.75 Å². The van der Waals surface area contributed by atoms with E-state index in [0.717, 1.165) is 12.1 Å². The monoisotopic (exact) mass is 313 g/mol. The number of aromatic nitrogens is 2. The molecule has 1 amide bonds. The van der Waals surface area contributed by atoms with Gasteiger partial charge in [-0.25, -0.2) is 4.98 Å². The molecule has 0 aliphatic heterocycles. The van der Waals surface area contributed by atoms with Crippen molar-refractivity contribution in [3.05, 3.63) is 43.0 Å². The van der Waals surface area contributed by atoms with Crippen LogP contribution in [-0.4, -0.2) is 21.8 Å². The van der Waals surface area contributed by atoms with E-state index >= 15 is 0 Å². The lowest BCUT2D eigenvalue weighted by Gasteiger charge is -2.13. The van der Waals surface area contributed by atoms with E-state index in [-0.39, 0.29) is 24.1 Å². The fourth-order valence-electron chi connectivity index (χ4n) is 1.86. The van der Waals surface area contributed by atoms with Gasteiger partial charge in [0.25, 0.3) is 0 Å². The standard InChI is InChI=1S/C14H14F3N3O2/c1-10(20-7-6-18-9-20)8-13(21)19-11-2-4-12(5-3-11)22-14(15,16)17/h2-7,9-10H,8H2,1H3,(H,19,21). The van der Waals surface area contributed by atoms with Gasteiger partial charge >= 0.3 is 6.36 Å². The van der Waals surface area contributed by atoms with Gasteiger partial charge in [-0.15, -0.1) is 13.2 Å². The van der Waals surface area contributed by atoms with E-state index in [2.05, 4.69) is 15.0 Å². The Bertz CT molecular complexity index is 609. The Hall–Kier alpha value is -2.51. The van der Waals surface area contributed by atoms with E-state index in [1.807, 2.05) is 6.92 Å². The molecule has 1 atom stereocenters. The number of carbonyl (C=O) groups excluding carboxylic acids is 1. The molecule has 1 N–H and O–H groups in total. The van der Waals surface area contributed by atoms with Crippen LogP contribution in [0.5, 0.6) is 5.75 Å². The molecule has 2 aromatic rings. The Morgan fingerprint density at radius 1 is 1.36 bits per heavy atom.